The molecule has 2 aromatic rings. The van der Waals surface area contributed by atoms with Gasteiger partial charge < -0.3 is 10.2 Å². The lowest BCUT2D eigenvalue weighted by Crippen LogP contribution is -2.17. The van der Waals surface area contributed by atoms with Crippen molar-refractivity contribution < 1.29 is 10.2 Å². The summed E-state index contributed by atoms with van der Waals surface area (Å²) < 4.78 is 0. The Hall–Kier alpha value is -1.96. The molecule has 2 aromatic carbocycles. The predicted molar refractivity (Wildman–Crippen MR) is 82.1 cm³/mol. The Morgan fingerprint density at radius 2 is 1.10 bits per heavy atom. The van der Waals surface area contributed by atoms with Crippen LogP contribution in [-0.4, -0.2) is 10.2 Å². The molecule has 0 fully saturated rings. The van der Waals surface area contributed by atoms with Gasteiger partial charge in [-0.1, -0.05) is 57.2 Å². The minimum Gasteiger partial charge on any atom is -0.508 e. The van der Waals surface area contributed by atoms with Crippen LogP contribution in [0.25, 0.3) is 0 Å². The standard InChI is InChI=1S/C18H22O2/c1-12(2)13(3)18(14-8-4-6-10-16(14)19)15-9-5-7-11-17(15)20/h4-13,18-20H,1-3H3. The average Bonchev–Trinajstić information content (AvgIpc) is 2.43. The number of aromatic hydroxyl groups is 2. The van der Waals surface area contributed by atoms with Crippen molar-refractivity contribution in [3.8, 4) is 11.5 Å². The molecule has 20 heavy (non-hydrogen) atoms. The molecule has 0 aliphatic carbocycles. The molecule has 0 radical (unpaired) electrons. The third-order valence-electron chi connectivity index (χ3n) is 4.12. The van der Waals surface area contributed by atoms with Crippen LogP contribution in [0.3, 0.4) is 0 Å². The van der Waals surface area contributed by atoms with Gasteiger partial charge in [-0.15, -0.1) is 0 Å². The fourth-order valence-corrected chi connectivity index (χ4v) is 2.62. The SMILES string of the molecule is CC(C)C(C)C(c1ccccc1O)c1ccccc1O. The van der Waals surface area contributed by atoms with Crippen LogP contribution >= 0.6 is 0 Å². The molecule has 0 aromatic heterocycles. The number of hydrogen-bond donors (Lipinski definition) is 2. The molecule has 2 heteroatoms. The van der Waals surface area contributed by atoms with Crippen molar-refractivity contribution in [2.24, 2.45) is 11.8 Å². The normalized spacial score (nSPS) is 12.8. The summed E-state index contributed by atoms with van der Waals surface area (Å²) in [4.78, 5) is 0. The quantitative estimate of drug-likeness (QED) is 0.857. The van der Waals surface area contributed by atoms with Crippen molar-refractivity contribution in [1.29, 1.82) is 0 Å². The Bertz CT molecular complexity index is 530. The highest BCUT2D eigenvalue weighted by atomic mass is 16.3. The Labute approximate surface area is 120 Å². The topological polar surface area (TPSA) is 40.5 Å². The predicted octanol–water partition coefficient (Wildman–Crippen LogP) is 4.52. The number of benzene rings is 2. The number of phenolic OH excluding ortho intramolecular Hbond substituents is 2. The fraction of sp³-hybridized carbons (Fsp3) is 0.333. The van der Waals surface area contributed by atoms with E-state index in [9.17, 15) is 10.2 Å². The first-order chi connectivity index (χ1) is 9.52. The molecule has 106 valence electrons. The summed E-state index contributed by atoms with van der Waals surface area (Å²) >= 11 is 0. The minimum absolute atomic E-state index is 0.0163. The maximum atomic E-state index is 10.2. The van der Waals surface area contributed by atoms with Crippen molar-refractivity contribution in [1.82, 2.24) is 0 Å². The largest absolute Gasteiger partial charge is 0.508 e. The first kappa shape index (κ1) is 14.4. The second-order valence-electron chi connectivity index (χ2n) is 5.70. The minimum atomic E-state index is -0.0163. The number of para-hydroxylation sites is 2. The van der Waals surface area contributed by atoms with Gasteiger partial charge in [0.2, 0.25) is 0 Å². The Morgan fingerprint density at radius 3 is 1.45 bits per heavy atom. The molecule has 1 atom stereocenters. The van der Waals surface area contributed by atoms with Gasteiger partial charge in [0.15, 0.2) is 0 Å². The molecule has 0 saturated heterocycles. The van der Waals surface area contributed by atoms with Crippen LogP contribution < -0.4 is 0 Å². The van der Waals surface area contributed by atoms with Crippen LogP contribution in [0.4, 0.5) is 0 Å². The van der Waals surface area contributed by atoms with E-state index in [0.717, 1.165) is 11.1 Å². The lowest BCUT2D eigenvalue weighted by atomic mass is 9.76. The molecule has 0 aliphatic heterocycles. The van der Waals surface area contributed by atoms with Crippen LogP contribution in [0.5, 0.6) is 11.5 Å². The van der Waals surface area contributed by atoms with E-state index in [-0.39, 0.29) is 17.4 Å². The molecule has 0 spiro atoms. The highest BCUT2D eigenvalue weighted by Gasteiger charge is 2.27. The smallest absolute Gasteiger partial charge is 0.119 e. The second-order valence-corrected chi connectivity index (χ2v) is 5.70. The molecule has 0 aliphatic rings. The Morgan fingerprint density at radius 1 is 0.700 bits per heavy atom. The first-order valence-electron chi connectivity index (χ1n) is 7.08. The summed E-state index contributed by atoms with van der Waals surface area (Å²) in [7, 11) is 0. The lowest BCUT2D eigenvalue weighted by molar-refractivity contribution is 0.358. The molecule has 0 heterocycles. The number of rotatable bonds is 4. The van der Waals surface area contributed by atoms with Crippen LogP contribution in [0.2, 0.25) is 0 Å². The van der Waals surface area contributed by atoms with Gasteiger partial charge in [0, 0.05) is 17.0 Å². The van der Waals surface area contributed by atoms with Gasteiger partial charge in [0.25, 0.3) is 0 Å². The molecule has 0 amide bonds. The van der Waals surface area contributed by atoms with Gasteiger partial charge in [-0.25, -0.2) is 0 Å². The van der Waals surface area contributed by atoms with Gasteiger partial charge in [0.05, 0.1) is 0 Å². The lowest BCUT2D eigenvalue weighted by Gasteiger charge is -2.29. The summed E-state index contributed by atoms with van der Waals surface area (Å²) in [6.45, 7) is 6.49. The zero-order chi connectivity index (χ0) is 14.7. The summed E-state index contributed by atoms with van der Waals surface area (Å²) in [5.74, 6) is 1.30. The van der Waals surface area contributed by atoms with Gasteiger partial charge in [-0.2, -0.15) is 0 Å². The van der Waals surface area contributed by atoms with E-state index in [1.54, 1.807) is 12.1 Å². The van der Waals surface area contributed by atoms with E-state index in [1.165, 1.54) is 0 Å². The van der Waals surface area contributed by atoms with Crippen LogP contribution in [0.15, 0.2) is 48.5 Å². The van der Waals surface area contributed by atoms with Gasteiger partial charge in [-0.3, -0.25) is 0 Å². The average molecular weight is 270 g/mol. The zero-order valence-electron chi connectivity index (χ0n) is 12.2. The third kappa shape index (κ3) is 2.79. The Balaban J connectivity index is 2.57. The fourth-order valence-electron chi connectivity index (χ4n) is 2.62. The van der Waals surface area contributed by atoms with Crippen LogP contribution in [-0.2, 0) is 0 Å². The molecule has 2 nitrogen and oxygen atoms in total. The highest BCUT2D eigenvalue weighted by Crippen LogP contribution is 2.42. The summed E-state index contributed by atoms with van der Waals surface area (Å²) in [6, 6.07) is 14.8. The number of hydrogen-bond acceptors (Lipinski definition) is 2. The molecular formula is C18H22O2. The second kappa shape index (κ2) is 6.00. The van der Waals surface area contributed by atoms with Crippen molar-refractivity contribution in [3.05, 3.63) is 59.7 Å². The zero-order valence-corrected chi connectivity index (χ0v) is 12.2. The molecule has 1 unspecified atom stereocenters. The monoisotopic (exact) mass is 270 g/mol. The van der Waals surface area contributed by atoms with Gasteiger partial charge >= 0.3 is 0 Å². The maximum Gasteiger partial charge on any atom is 0.119 e. The van der Waals surface area contributed by atoms with Crippen molar-refractivity contribution in [3.63, 3.8) is 0 Å². The molecular weight excluding hydrogens is 248 g/mol. The molecule has 2 rings (SSSR count). The third-order valence-corrected chi connectivity index (χ3v) is 4.12. The first-order valence-corrected chi connectivity index (χ1v) is 7.08. The van der Waals surface area contributed by atoms with Crippen LogP contribution in [0.1, 0.15) is 37.8 Å². The molecule has 2 N–H and O–H groups in total. The summed E-state index contributed by atoms with van der Waals surface area (Å²) in [6.07, 6.45) is 0. The molecule has 0 bridgehead atoms. The number of phenols is 2. The van der Waals surface area contributed by atoms with E-state index in [0.29, 0.717) is 11.8 Å². The molecule has 0 saturated carbocycles. The van der Waals surface area contributed by atoms with Gasteiger partial charge in [0.1, 0.15) is 11.5 Å². The maximum absolute atomic E-state index is 10.2. The van der Waals surface area contributed by atoms with E-state index in [1.807, 2.05) is 36.4 Å². The van der Waals surface area contributed by atoms with E-state index in [2.05, 4.69) is 20.8 Å². The van der Waals surface area contributed by atoms with Crippen molar-refractivity contribution >= 4 is 0 Å². The van der Waals surface area contributed by atoms with Gasteiger partial charge in [-0.05, 0) is 24.0 Å². The van der Waals surface area contributed by atoms with Crippen molar-refractivity contribution in [2.75, 3.05) is 0 Å². The van der Waals surface area contributed by atoms with Crippen LogP contribution in [0, 0.1) is 11.8 Å². The summed E-state index contributed by atoms with van der Waals surface area (Å²) in [5, 5.41) is 20.4. The van der Waals surface area contributed by atoms with E-state index in [4.69, 9.17) is 0 Å². The van der Waals surface area contributed by atoms with E-state index >= 15 is 0 Å². The van der Waals surface area contributed by atoms with Crippen molar-refractivity contribution in [2.45, 2.75) is 26.7 Å². The Kier molecular flexibility index (Phi) is 4.33. The van der Waals surface area contributed by atoms with E-state index < -0.39 is 0 Å². The highest BCUT2D eigenvalue weighted by molar-refractivity contribution is 5.46. The summed E-state index contributed by atoms with van der Waals surface area (Å²) in [5.41, 5.74) is 1.74.